The largest absolute Gasteiger partial charge is 0.382 e. The van der Waals surface area contributed by atoms with Crippen molar-refractivity contribution in [3.05, 3.63) is 33.8 Å². The highest BCUT2D eigenvalue weighted by Crippen LogP contribution is 2.26. The summed E-state index contributed by atoms with van der Waals surface area (Å²) < 4.78 is 5.31. The molecular formula is C14H21Cl2NO. The van der Waals surface area contributed by atoms with Crippen molar-refractivity contribution < 1.29 is 4.74 Å². The number of ether oxygens (including phenoxy) is 1. The second-order valence-corrected chi connectivity index (χ2v) is 4.95. The Labute approximate surface area is 120 Å². The molecule has 0 amide bonds. The lowest BCUT2D eigenvalue weighted by Gasteiger charge is -2.18. The Balaban J connectivity index is 2.47. The van der Waals surface area contributed by atoms with Gasteiger partial charge in [-0.15, -0.1) is 0 Å². The number of nitrogens with one attached hydrogen (secondary N) is 1. The molecule has 0 aliphatic heterocycles. The van der Waals surface area contributed by atoms with Gasteiger partial charge in [0, 0.05) is 19.3 Å². The van der Waals surface area contributed by atoms with E-state index in [1.807, 2.05) is 25.1 Å². The average Bonchev–Trinajstić information content (AvgIpc) is 2.37. The molecule has 1 atom stereocenters. The van der Waals surface area contributed by atoms with Gasteiger partial charge in [-0.1, -0.05) is 36.2 Å². The molecule has 1 N–H and O–H groups in total. The number of rotatable bonds is 8. The zero-order valence-electron chi connectivity index (χ0n) is 11.0. The first-order valence-electron chi connectivity index (χ1n) is 6.45. The molecule has 0 saturated carbocycles. The summed E-state index contributed by atoms with van der Waals surface area (Å²) in [7, 11) is 0. The summed E-state index contributed by atoms with van der Waals surface area (Å²) >= 11 is 12.0. The summed E-state index contributed by atoms with van der Waals surface area (Å²) in [6.07, 6.45) is 2.04. The van der Waals surface area contributed by atoms with Crippen molar-refractivity contribution in [2.45, 2.75) is 32.7 Å². The van der Waals surface area contributed by atoms with Gasteiger partial charge >= 0.3 is 0 Å². The van der Waals surface area contributed by atoms with Gasteiger partial charge in [0.05, 0.1) is 10.0 Å². The maximum Gasteiger partial charge on any atom is 0.0595 e. The second kappa shape index (κ2) is 8.76. The van der Waals surface area contributed by atoms with Crippen LogP contribution in [0.3, 0.4) is 0 Å². The molecule has 1 rings (SSSR count). The van der Waals surface area contributed by atoms with Crippen molar-refractivity contribution in [1.82, 2.24) is 5.32 Å². The van der Waals surface area contributed by atoms with Crippen molar-refractivity contribution in [2.24, 2.45) is 0 Å². The number of hydrogen-bond acceptors (Lipinski definition) is 2. The minimum atomic E-state index is 0.321. The van der Waals surface area contributed by atoms with Gasteiger partial charge in [-0.2, -0.15) is 0 Å². The van der Waals surface area contributed by atoms with Crippen molar-refractivity contribution in [1.29, 1.82) is 0 Å². The van der Waals surface area contributed by atoms with Crippen LogP contribution in [0.15, 0.2) is 18.2 Å². The van der Waals surface area contributed by atoms with Crippen LogP contribution in [0.5, 0.6) is 0 Å². The van der Waals surface area contributed by atoms with Gasteiger partial charge in [-0.05, 0) is 44.0 Å². The van der Waals surface area contributed by atoms with E-state index in [1.54, 1.807) is 0 Å². The minimum absolute atomic E-state index is 0.321. The Morgan fingerprint density at radius 1 is 1.22 bits per heavy atom. The number of benzene rings is 1. The van der Waals surface area contributed by atoms with Gasteiger partial charge in [0.25, 0.3) is 0 Å². The number of hydrogen-bond donors (Lipinski definition) is 1. The highest BCUT2D eigenvalue weighted by Gasteiger charge is 2.09. The molecule has 1 aromatic carbocycles. The first-order valence-corrected chi connectivity index (χ1v) is 7.20. The normalized spacial score (nSPS) is 12.7. The molecule has 0 heterocycles. The summed E-state index contributed by atoms with van der Waals surface area (Å²) in [5.41, 5.74) is 1.18. The molecule has 102 valence electrons. The van der Waals surface area contributed by atoms with Crippen molar-refractivity contribution in [2.75, 3.05) is 19.8 Å². The van der Waals surface area contributed by atoms with E-state index in [1.165, 1.54) is 5.56 Å². The van der Waals surface area contributed by atoms with Gasteiger partial charge in [-0.25, -0.2) is 0 Å². The lowest BCUT2D eigenvalue weighted by molar-refractivity contribution is 0.144. The van der Waals surface area contributed by atoms with Crippen LogP contribution in [-0.4, -0.2) is 19.8 Å². The van der Waals surface area contributed by atoms with Gasteiger partial charge in [0.15, 0.2) is 0 Å². The Kier molecular flexibility index (Phi) is 7.68. The van der Waals surface area contributed by atoms with Crippen LogP contribution in [-0.2, 0) is 4.74 Å². The molecule has 18 heavy (non-hydrogen) atoms. The minimum Gasteiger partial charge on any atom is -0.382 e. The zero-order chi connectivity index (χ0) is 13.4. The first-order chi connectivity index (χ1) is 8.69. The molecule has 1 unspecified atom stereocenters. The molecule has 0 aromatic heterocycles. The van der Waals surface area contributed by atoms with Gasteiger partial charge in [0.1, 0.15) is 0 Å². The van der Waals surface area contributed by atoms with Crippen LogP contribution in [0, 0.1) is 0 Å². The molecule has 0 bridgehead atoms. The fraction of sp³-hybridized carbons (Fsp3) is 0.571. The fourth-order valence-corrected chi connectivity index (χ4v) is 2.13. The van der Waals surface area contributed by atoms with E-state index in [0.29, 0.717) is 16.1 Å². The highest BCUT2D eigenvalue weighted by molar-refractivity contribution is 6.42. The molecule has 0 spiro atoms. The predicted molar refractivity (Wildman–Crippen MR) is 78.6 cm³/mol. The van der Waals surface area contributed by atoms with E-state index >= 15 is 0 Å². The summed E-state index contributed by atoms with van der Waals surface area (Å²) in [5, 5.41) is 4.73. The molecule has 0 saturated heterocycles. The molecule has 0 radical (unpaired) electrons. The molecule has 2 nitrogen and oxygen atoms in total. The molecular weight excluding hydrogens is 269 g/mol. The summed E-state index contributed by atoms with van der Waals surface area (Å²) in [6, 6.07) is 6.14. The topological polar surface area (TPSA) is 21.3 Å². The smallest absolute Gasteiger partial charge is 0.0595 e. The van der Waals surface area contributed by atoms with Crippen LogP contribution in [0.1, 0.15) is 38.3 Å². The Hall–Kier alpha value is -0.280. The van der Waals surface area contributed by atoms with E-state index < -0.39 is 0 Å². The SMILES string of the molecule is CCOCCCNC(CC)c1ccc(Cl)c(Cl)c1. The second-order valence-electron chi connectivity index (χ2n) is 4.14. The van der Waals surface area contributed by atoms with E-state index in [-0.39, 0.29) is 0 Å². The molecule has 0 aliphatic carbocycles. The number of halogens is 2. The summed E-state index contributed by atoms with van der Waals surface area (Å²) in [5.74, 6) is 0. The van der Waals surface area contributed by atoms with Crippen LogP contribution in [0.25, 0.3) is 0 Å². The van der Waals surface area contributed by atoms with Gasteiger partial charge in [-0.3, -0.25) is 0 Å². The summed E-state index contributed by atoms with van der Waals surface area (Å²) in [4.78, 5) is 0. The average molecular weight is 290 g/mol. The molecule has 0 fully saturated rings. The van der Waals surface area contributed by atoms with Gasteiger partial charge < -0.3 is 10.1 Å². The first kappa shape index (κ1) is 15.8. The molecule has 4 heteroatoms. The monoisotopic (exact) mass is 289 g/mol. The predicted octanol–water partition coefficient (Wildman–Crippen LogP) is 4.46. The van der Waals surface area contributed by atoms with Crippen molar-refractivity contribution in [3.63, 3.8) is 0 Å². The van der Waals surface area contributed by atoms with Crippen molar-refractivity contribution in [3.8, 4) is 0 Å². The Morgan fingerprint density at radius 2 is 2.00 bits per heavy atom. The third-order valence-corrected chi connectivity index (χ3v) is 3.55. The van der Waals surface area contributed by atoms with Crippen LogP contribution >= 0.6 is 23.2 Å². The standard InChI is InChI=1S/C14H21Cl2NO/c1-3-14(17-8-5-9-18-4-2)11-6-7-12(15)13(16)10-11/h6-7,10,14,17H,3-5,8-9H2,1-2H3. The third kappa shape index (κ3) is 5.15. The van der Waals surface area contributed by atoms with Gasteiger partial charge in [0.2, 0.25) is 0 Å². The van der Waals surface area contributed by atoms with E-state index in [9.17, 15) is 0 Å². The molecule has 0 aliphatic rings. The van der Waals surface area contributed by atoms with E-state index in [4.69, 9.17) is 27.9 Å². The maximum absolute atomic E-state index is 6.04. The quantitative estimate of drug-likeness (QED) is 0.714. The lowest BCUT2D eigenvalue weighted by Crippen LogP contribution is -2.22. The Morgan fingerprint density at radius 3 is 2.61 bits per heavy atom. The van der Waals surface area contributed by atoms with Crippen LogP contribution < -0.4 is 5.32 Å². The molecule has 1 aromatic rings. The lowest BCUT2D eigenvalue weighted by atomic mass is 10.0. The van der Waals surface area contributed by atoms with Crippen LogP contribution in [0.2, 0.25) is 10.0 Å². The maximum atomic E-state index is 6.04. The van der Waals surface area contributed by atoms with Crippen molar-refractivity contribution >= 4 is 23.2 Å². The summed E-state index contributed by atoms with van der Waals surface area (Å²) in [6.45, 7) is 6.70. The van der Waals surface area contributed by atoms with E-state index in [0.717, 1.165) is 32.6 Å². The zero-order valence-corrected chi connectivity index (χ0v) is 12.5. The third-order valence-electron chi connectivity index (χ3n) is 2.81. The Bertz CT molecular complexity index is 358. The fourth-order valence-electron chi connectivity index (χ4n) is 1.82. The van der Waals surface area contributed by atoms with E-state index in [2.05, 4.69) is 12.2 Å². The highest BCUT2D eigenvalue weighted by atomic mass is 35.5. The van der Waals surface area contributed by atoms with Crippen LogP contribution in [0.4, 0.5) is 0 Å².